The van der Waals surface area contributed by atoms with E-state index in [0.717, 1.165) is 28.8 Å². The highest BCUT2D eigenvalue weighted by molar-refractivity contribution is 7.99. The fraction of sp³-hybridized carbons (Fsp3) is 0.318. The lowest BCUT2D eigenvalue weighted by Crippen LogP contribution is -2.05. The second-order valence-corrected chi connectivity index (χ2v) is 7.55. The van der Waals surface area contributed by atoms with E-state index in [-0.39, 0.29) is 5.97 Å². The maximum absolute atomic E-state index is 11.5. The number of aryl methyl sites for hydroxylation is 1. The molecule has 146 valence electrons. The van der Waals surface area contributed by atoms with Crippen LogP contribution in [0.5, 0.6) is 0 Å². The molecular weight excluding hydrogens is 370 g/mol. The third-order valence-electron chi connectivity index (χ3n) is 4.26. The normalized spacial score (nSPS) is 10.8. The van der Waals surface area contributed by atoms with E-state index in [2.05, 4.69) is 58.1 Å². The van der Waals surface area contributed by atoms with Crippen molar-refractivity contribution >= 4 is 17.7 Å². The molecule has 0 saturated heterocycles. The number of ether oxygens (including phenoxy) is 1. The van der Waals surface area contributed by atoms with Crippen molar-refractivity contribution in [3.63, 3.8) is 0 Å². The Morgan fingerprint density at radius 2 is 1.82 bits per heavy atom. The predicted octanol–water partition coefficient (Wildman–Crippen LogP) is 4.60. The summed E-state index contributed by atoms with van der Waals surface area (Å²) in [6.07, 6.45) is 1.89. The molecule has 0 saturated carbocycles. The lowest BCUT2D eigenvalue weighted by Gasteiger charge is -2.11. The van der Waals surface area contributed by atoms with Crippen LogP contribution in [0.25, 0.3) is 5.69 Å². The fourth-order valence-electron chi connectivity index (χ4n) is 2.85. The number of thioether (sulfide) groups is 1. The van der Waals surface area contributed by atoms with Crippen molar-refractivity contribution in [2.45, 2.75) is 38.3 Å². The van der Waals surface area contributed by atoms with Gasteiger partial charge in [0.15, 0.2) is 5.16 Å². The number of rotatable bonds is 9. The van der Waals surface area contributed by atoms with E-state index in [9.17, 15) is 4.79 Å². The Labute approximate surface area is 170 Å². The zero-order valence-corrected chi connectivity index (χ0v) is 17.1. The summed E-state index contributed by atoms with van der Waals surface area (Å²) < 4.78 is 7.10. The summed E-state index contributed by atoms with van der Waals surface area (Å²) in [5, 5.41) is 9.72. The van der Waals surface area contributed by atoms with Crippen LogP contribution in [0.3, 0.4) is 0 Å². The number of carbonyl (C=O) groups is 1. The van der Waals surface area contributed by atoms with Gasteiger partial charge in [0.05, 0.1) is 6.61 Å². The molecule has 0 radical (unpaired) electrons. The molecule has 0 bridgehead atoms. The van der Waals surface area contributed by atoms with Crippen molar-refractivity contribution in [1.29, 1.82) is 0 Å². The Kier molecular flexibility index (Phi) is 7.25. The van der Waals surface area contributed by atoms with Gasteiger partial charge in [0, 0.05) is 24.3 Å². The minimum Gasteiger partial charge on any atom is -0.466 e. The number of nitrogens with zero attached hydrogens (tertiary/aromatic N) is 3. The monoisotopic (exact) mass is 395 g/mol. The topological polar surface area (TPSA) is 57.0 Å². The molecule has 3 aromatic rings. The minimum absolute atomic E-state index is 0.145. The highest BCUT2D eigenvalue weighted by Crippen LogP contribution is 2.24. The van der Waals surface area contributed by atoms with Crippen molar-refractivity contribution in [3.05, 3.63) is 71.5 Å². The Hall–Kier alpha value is -2.60. The van der Waals surface area contributed by atoms with Gasteiger partial charge in [-0.2, -0.15) is 0 Å². The molecule has 1 heterocycles. The summed E-state index contributed by atoms with van der Waals surface area (Å²) in [6, 6.07) is 18.7. The predicted molar refractivity (Wildman–Crippen MR) is 112 cm³/mol. The standard InChI is InChI=1S/C22H25N3O2S/c1-3-27-21(26)10-7-15-28-22-24-23-20(16-18-8-5-4-6-9-18)25(22)19-13-11-17(2)12-14-19/h4-6,8-9,11-14H,3,7,10,15-16H2,1-2H3. The molecule has 2 aromatic carbocycles. The maximum atomic E-state index is 11.5. The number of aromatic nitrogens is 3. The molecule has 0 atom stereocenters. The molecule has 0 amide bonds. The molecule has 0 aliphatic carbocycles. The van der Waals surface area contributed by atoms with Crippen LogP contribution in [0.4, 0.5) is 0 Å². The van der Waals surface area contributed by atoms with Crippen molar-refractivity contribution < 1.29 is 9.53 Å². The molecule has 1 aromatic heterocycles. The van der Waals surface area contributed by atoms with E-state index in [0.29, 0.717) is 19.4 Å². The van der Waals surface area contributed by atoms with Gasteiger partial charge in [-0.1, -0.05) is 59.8 Å². The summed E-state index contributed by atoms with van der Waals surface area (Å²) >= 11 is 1.62. The van der Waals surface area contributed by atoms with Crippen LogP contribution < -0.4 is 0 Å². The SMILES string of the molecule is CCOC(=O)CCCSc1nnc(Cc2ccccc2)n1-c1ccc(C)cc1. The van der Waals surface area contributed by atoms with Crippen LogP contribution in [-0.4, -0.2) is 33.1 Å². The third-order valence-corrected chi connectivity index (χ3v) is 5.27. The minimum atomic E-state index is -0.145. The van der Waals surface area contributed by atoms with E-state index in [1.165, 1.54) is 11.1 Å². The van der Waals surface area contributed by atoms with Crippen molar-refractivity contribution in [2.24, 2.45) is 0 Å². The third kappa shape index (κ3) is 5.45. The molecule has 5 nitrogen and oxygen atoms in total. The number of carbonyl (C=O) groups excluding carboxylic acids is 1. The van der Waals surface area contributed by atoms with Gasteiger partial charge in [0.25, 0.3) is 0 Å². The van der Waals surface area contributed by atoms with Gasteiger partial charge in [-0.15, -0.1) is 10.2 Å². The summed E-state index contributed by atoms with van der Waals surface area (Å²) in [4.78, 5) is 11.5. The Morgan fingerprint density at radius 3 is 2.54 bits per heavy atom. The van der Waals surface area contributed by atoms with Crippen LogP contribution >= 0.6 is 11.8 Å². The Balaban J connectivity index is 1.77. The number of esters is 1. The van der Waals surface area contributed by atoms with Crippen LogP contribution in [0.1, 0.15) is 36.7 Å². The maximum Gasteiger partial charge on any atom is 0.305 e. The van der Waals surface area contributed by atoms with E-state index in [1.807, 2.05) is 25.1 Å². The van der Waals surface area contributed by atoms with Crippen LogP contribution in [0.15, 0.2) is 59.8 Å². The molecule has 0 aliphatic rings. The first-order chi connectivity index (χ1) is 13.7. The Bertz CT molecular complexity index is 892. The van der Waals surface area contributed by atoms with E-state index >= 15 is 0 Å². The van der Waals surface area contributed by atoms with Crippen LogP contribution in [0.2, 0.25) is 0 Å². The average molecular weight is 396 g/mol. The Morgan fingerprint density at radius 1 is 1.07 bits per heavy atom. The molecule has 6 heteroatoms. The summed E-state index contributed by atoms with van der Waals surface area (Å²) in [6.45, 7) is 4.33. The van der Waals surface area contributed by atoms with Crippen molar-refractivity contribution in [2.75, 3.05) is 12.4 Å². The molecule has 0 fully saturated rings. The zero-order chi connectivity index (χ0) is 19.8. The smallest absolute Gasteiger partial charge is 0.305 e. The van der Waals surface area contributed by atoms with Gasteiger partial charge < -0.3 is 4.74 Å². The number of benzene rings is 2. The van der Waals surface area contributed by atoms with Crippen LogP contribution in [-0.2, 0) is 16.0 Å². The first-order valence-corrected chi connectivity index (χ1v) is 10.5. The average Bonchev–Trinajstić information content (AvgIpc) is 3.09. The molecular formula is C22H25N3O2S. The van der Waals surface area contributed by atoms with Gasteiger partial charge in [0.1, 0.15) is 5.82 Å². The lowest BCUT2D eigenvalue weighted by atomic mass is 10.1. The quantitative estimate of drug-likeness (QED) is 0.301. The molecule has 3 rings (SSSR count). The second kappa shape index (κ2) is 10.1. The number of hydrogen-bond donors (Lipinski definition) is 0. The van der Waals surface area contributed by atoms with Gasteiger partial charge >= 0.3 is 5.97 Å². The lowest BCUT2D eigenvalue weighted by molar-refractivity contribution is -0.143. The van der Waals surface area contributed by atoms with Gasteiger partial charge in [-0.05, 0) is 38.0 Å². The molecule has 28 heavy (non-hydrogen) atoms. The summed E-state index contributed by atoms with van der Waals surface area (Å²) in [5.74, 6) is 1.55. The zero-order valence-electron chi connectivity index (χ0n) is 16.3. The molecule has 0 aliphatic heterocycles. The summed E-state index contributed by atoms with van der Waals surface area (Å²) in [5.41, 5.74) is 3.46. The van der Waals surface area contributed by atoms with Crippen molar-refractivity contribution in [3.8, 4) is 5.69 Å². The molecule has 0 unspecified atom stereocenters. The highest BCUT2D eigenvalue weighted by atomic mass is 32.2. The van der Waals surface area contributed by atoms with Crippen LogP contribution in [0, 0.1) is 6.92 Å². The van der Waals surface area contributed by atoms with Gasteiger partial charge in [-0.25, -0.2) is 0 Å². The summed E-state index contributed by atoms with van der Waals surface area (Å²) in [7, 11) is 0. The van der Waals surface area contributed by atoms with Gasteiger partial charge in [-0.3, -0.25) is 9.36 Å². The van der Waals surface area contributed by atoms with E-state index in [1.54, 1.807) is 11.8 Å². The van der Waals surface area contributed by atoms with E-state index < -0.39 is 0 Å². The largest absolute Gasteiger partial charge is 0.466 e. The van der Waals surface area contributed by atoms with Crippen molar-refractivity contribution in [1.82, 2.24) is 14.8 Å². The molecule has 0 spiro atoms. The fourth-order valence-corrected chi connectivity index (χ4v) is 3.76. The van der Waals surface area contributed by atoms with E-state index in [4.69, 9.17) is 4.74 Å². The molecule has 0 N–H and O–H groups in total. The highest BCUT2D eigenvalue weighted by Gasteiger charge is 2.15. The van der Waals surface area contributed by atoms with Gasteiger partial charge in [0.2, 0.25) is 0 Å². The first-order valence-electron chi connectivity index (χ1n) is 9.51. The second-order valence-electron chi connectivity index (χ2n) is 6.49. The number of hydrogen-bond acceptors (Lipinski definition) is 5. The first kappa shape index (κ1) is 20.1.